The second kappa shape index (κ2) is 11.4. The molecule has 0 spiro atoms. The van der Waals surface area contributed by atoms with Gasteiger partial charge in [-0.25, -0.2) is 4.98 Å². The van der Waals surface area contributed by atoms with Crippen molar-refractivity contribution in [3.8, 4) is 29.1 Å². The number of nitrogens with zero attached hydrogens (tertiary/aromatic N) is 3. The normalized spacial score (nSPS) is 10.7. The van der Waals surface area contributed by atoms with E-state index in [9.17, 15) is 4.79 Å². The Kier molecular flexibility index (Phi) is 7.68. The molecule has 0 atom stereocenters. The Morgan fingerprint density at radius 3 is 2.64 bits per heavy atom. The van der Waals surface area contributed by atoms with Gasteiger partial charge >= 0.3 is 0 Å². The van der Waals surface area contributed by atoms with Crippen LogP contribution in [0.25, 0.3) is 11.7 Å². The first-order chi connectivity index (χ1) is 17.6. The van der Waals surface area contributed by atoms with Crippen molar-refractivity contribution in [1.29, 1.82) is 5.26 Å². The zero-order valence-electron chi connectivity index (χ0n) is 19.8. The summed E-state index contributed by atoms with van der Waals surface area (Å²) in [6.07, 6.45) is 6.88. The average molecular weight is 485 g/mol. The molecule has 9 nitrogen and oxygen atoms in total. The lowest BCUT2D eigenvalue weighted by Gasteiger charge is -2.12. The van der Waals surface area contributed by atoms with Crippen molar-refractivity contribution >= 4 is 23.3 Å². The Bertz CT molecular complexity index is 1400. The number of nitrogens with one attached hydrogen (secondary N) is 1. The van der Waals surface area contributed by atoms with Crippen LogP contribution in [0, 0.1) is 11.3 Å². The number of ether oxygens (including phenoxy) is 4. The van der Waals surface area contributed by atoms with Crippen molar-refractivity contribution in [2.24, 2.45) is 0 Å². The highest BCUT2D eigenvalue weighted by molar-refractivity contribution is 6.02. The third-order valence-corrected chi connectivity index (χ3v) is 5.13. The smallest absolute Gasteiger partial charge is 0.248 e. The molecular weight excluding hydrogens is 460 g/mol. The number of aromatic nitrogens is 2. The molecule has 0 saturated carbocycles. The monoisotopic (exact) mass is 484 g/mol. The average Bonchev–Trinajstić information content (AvgIpc) is 3.33. The fourth-order valence-electron chi connectivity index (χ4n) is 3.45. The highest BCUT2D eigenvalue weighted by atomic mass is 16.5. The number of anilines is 1. The van der Waals surface area contributed by atoms with E-state index < -0.39 is 0 Å². The minimum atomic E-state index is -0.324. The van der Waals surface area contributed by atoms with Crippen LogP contribution in [0.5, 0.6) is 23.0 Å². The first-order valence-electron chi connectivity index (χ1n) is 11.0. The summed E-state index contributed by atoms with van der Waals surface area (Å²) in [5, 5.41) is 11.5. The van der Waals surface area contributed by atoms with Crippen molar-refractivity contribution in [1.82, 2.24) is 9.38 Å². The molecule has 2 aromatic heterocycles. The van der Waals surface area contributed by atoms with E-state index in [0.717, 1.165) is 16.9 Å². The number of rotatable bonds is 10. The van der Waals surface area contributed by atoms with Gasteiger partial charge in [-0.1, -0.05) is 12.1 Å². The highest BCUT2D eigenvalue weighted by Gasteiger charge is 2.10. The zero-order chi connectivity index (χ0) is 25.3. The minimum absolute atomic E-state index is 0.0828. The molecule has 0 aliphatic heterocycles. The van der Waals surface area contributed by atoms with Crippen LogP contribution in [0.15, 0.2) is 73.1 Å². The van der Waals surface area contributed by atoms with Gasteiger partial charge in [0.05, 0.1) is 19.9 Å². The number of benzene rings is 2. The molecule has 0 aliphatic rings. The molecule has 36 heavy (non-hydrogen) atoms. The van der Waals surface area contributed by atoms with Crippen LogP contribution in [0.3, 0.4) is 0 Å². The Labute approximate surface area is 208 Å². The highest BCUT2D eigenvalue weighted by Crippen LogP contribution is 2.31. The maximum absolute atomic E-state index is 12.5. The summed E-state index contributed by atoms with van der Waals surface area (Å²) in [6.45, 7) is 0.158. The molecule has 9 heteroatoms. The molecule has 1 amide bonds. The number of amides is 1. The van der Waals surface area contributed by atoms with Crippen molar-refractivity contribution in [2.45, 2.75) is 6.61 Å². The molecule has 182 valence electrons. The predicted molar refractivity (Wildman–Crippen MR) is 134 cm³/mol. The van der Waals surface area contributed by atoms with Crippen molar-refractivity contribution < 1.29 is 23.7 Å². The first-order valence-corrected chi connectivity index (χ1v) is 11.0. The standard InChI is InChI=1S/C27H24N4O5/c1-33-22-10-8-20(16-25(22)36-18-21-17-31-13-4-3-5-26(31)29-21)30-27(32)11-7-19-6-9-23(35-14-12-28)24(15-19)34-2/h3-11,13,15-17H,14,18H2,1-2H3,(H,30,32)/b11-7+. The van der Waals surface area contributed by atoms with Crippen LogP contribution in [0.2, 0.25) is 0 Å². The molecular formula is C27H24N4O5. The zero-order valence-corrected chi connectivity index (χ0v) is 19.8. The number of nitriles is 1. The van der Waals surface area contributed by atoms with Crippen LogP contribution < -0.4 is 24.3 Å². The quantitative estimate of drug-likeness (QED) is 0.331. The fourth-order valence-corrected chi connectivity index (χ4v) is 3.45. The predicted octanol–water partition coefficient (Wildman–Crippen LogP) is 4.48. The van der Waals surface area contributed by atoms with Gasteiger partial charge in [0, 0.05) is 30.2 Å². The second-order valence-corrected chi connectivity index (χ2v) is 7.53. The number of hydrogen-bond acceptors (Lipinski definition) is 7. The fraction of sp³-hybridized carbons (Fsp3) is 0.148. The number of carbonyl (C=O) groups excluding carboxylic acids is 1. The number of fused-ring (bicyclic) bond motifs is 1. The Hall–Kier alpha value is -4.97. The van der Waals surface area contributed by atoms with Crippen molar-refractivity contribution in [2.75, 3.05) is 26.1 Å². The maximum atomic E-state index is 12.5. The molecule has 2 heterocycles. The number of methoxy groups -OCH3 is 2. The summed E-state index contributed by atoms with van der Waals surface area (Å²) >= 11 is 0. The van der Waals surface area contributed by atoms with Crippen molar-refractivity contribution in [3.63, 3.8) is 0 Å². The minimum Gasteiger partial charge on any atom is -0.493 e. The van der Waals surface area contributed by atoms with Gasteiger partial charge in [0.25, 0.3) is 0 Å². The molecule has 0 bridgehead atoms. The van der Waals surface area contributed by atoms with E-state index >= 15 is 0 Å². The van der Waals surface area contributed by atoms with Gasteiger partial charge in [-0.3, -0.25) is 4.79 Å². The molecule has 1 N–H and O–H groups in total. The summed E-state index contributed by atoms with van der Waals surface area (Å²) < 4.78 is 23.9. The van der Waals surface area contributed by atoms with Crippen LogP contribution in [0.4, 0.5) is 5.69 Å². The van der Waals surface area contributed by atoms with Gasteiger partial charge in [-0.05, 0) is 48.0 Å². The molecule has 0 aliphatic carbocycles. The molecule has 0 fully saturated rings. The van der Waals surface area contributed by atoms with Gasteiger partial charge in [0.1, 0.15) is 18.3 Å². The maximum Gasteiger partial charge on any atom is 0.248 e. The van der Waals surface area contributed by atoms with Gasteiger partial charge in [-0.15, -0.1) is 0 Å². The van der Waals surface area contributed by atoms with Crippen LogP contribution in [-0.2, 0) is 11.4 Å². The third kappa shape index (κ3) is 5.93. The van der Waals surface area contributed by atoms with E-state index in [1.54, 1.807) is 49.6 Å². The van der Waals surface area contributed by atoms with Gasteiger partial charge in [-0.2, -0.15) is 5.26 Å². The van der Waals surface area contributed by atoms with Crippen LogP contribution in [0.1, 0.15) is 11.3 Å². The summed E-state index contributed by atoms with van der Waals surface area (Å²) in [4.78, 5) is 17.0. The number of imidazole rings is 1. The van der Waals surface area contributed by atoms with E-state index in [2.05, 4.69) is 10.3 Å². The Morgan fingerprint density at radius 2 is 1.86 bits per heavy atom. The lowest BCUT2D eigenvalue weighted by molar-refractivity contribution is -0.111. The van der Waals surface area contributed by atoms with Gasteiger partial charge < -0.3 is 28.7 Å². The van der Waals surface area contributed by atoms with Gasteiger partial charge in [0.15, 0.2) is 29.6 Å². The lowest BCUT2D eigenvalue weighted by atomic mass is 10.2. The molecule has 0 unspecified atom stereocenters. The third-order valence-electron chi connectivity index (χ3n) is 5.13. The summed E-state index contributed by atoms with van der Waals surface area (Å²) in [7, 11) is 3.06. The van der Waals surface area contributed by atoms with Gasteiger partial charge in [0.2, 0.25) is 5.91 Å². The van der Waals surface area contributed by atoms with E-state index in [1.807, 2.05) is 41.1 Å². The van der Waals surface area contributed by atoms with E-state index in [4.69, 9.17) is 24.2 Å². The van der Waals surface area contributed by atoms with E-state index in [0.29, 0.717) is 28.7 Å². The number of hydrogen-bond donors (Lipinski definition) is 1. The van der Waals surface area contributed by atoms with Crippen molar-refractivity contribution in [3.05, 3.63) is 84.3 Å². The Balaban J connectivity index is 1.41. The topological polar surface area (TPSA) is 107 Å². The SMILES string of the molecule is COc1cc(/C=C/C(=O)Nc2ccc(OC)c(OCc3cn4ccccc4n3)c2)ccc1OCC#N. The van der Waals surface area contributed by atoms with E-state index in [1.165, 1.54) is 13.2 Å². The summed E-state index contributed by atoms with van der Waals surface area (Å²) in [6, 6.07) is 18.0. The molecule has 0 saturated heterocycles. The van der Waals surface area contributed by atoms with Crippen LogP contribution in [-0.4, -0.2) is 36.1 Å². The van der Waals surface area contributed by atoms with Crippen LogP contribution >= 0.6 is 0 Å². The Morgan fingerprint density at radius 1 is 1.03 bits per heavy atom. The largest absolute Gasteiger partial charge is 0.493 e. The first kappa shape index (κ1) is 24.2. The number of pyridine rings is 1. The summed E-state index contributed by atoms with van der Waals surface area (Å²) in [5.41, 5.74) is 2.88. The van der Waals surface area contributed by atoms with E-state index in [-0.39, 0.29) is 19.1 Å². The summed E-state index contributed by atoms with van der Waals surface area (Å²) in [5.74, 6) is 1.62. The number of carbonyl (C=O) groups is 1. The molecule has 4 rings (SSSR count). The lowest BCUT2D eigenvalue weighted by Crippen LogP contribution is -2.08. The molecule has 4 aromatic rings. The molecule has 0 radical (unpaired) electrons. The second-order valence-electron chi connectivity index (χ2n) is 7.53. The molecule has 2 aromatic carbocycles.